The maximum absolute atomic E-state index is 12.2. The summed E-state index contributed by atoms with van der Waals surface area (Å²) in [5.74, 6) is 1.15. The summed E-state index contributed by atoms with van der Waals surface area (Å²) in [6, 6.07) is 8.14. The molecule has 0 fully saturated rings. The zero-order valence-electron chi connectivity index (χ0n) is 10.8. The maximum atomic E-state index is 12.2. The number of para-hydroxylation sites is 2. The standard InChI is InChI=1S/C15H15N3O/c1-9-14-11(6-4-8-13(14)19)17-15-16-10-5-2-3-7-12(10)18(9)15/h2-3,5,7,9H,4,6,8H2,1H3,(H,16,17). The number of nitrogens with zero attached hydrogens (tertiary/aromatic N) is 2. The minimum absolute atomic E-state index is 0.0754. The lowest BCUT2D eigenvalue weighted by Crippen LogP contribution is -2.28. The van der Waals surface area contributed by atoms with E-state index >= 15 is 0 Å². The third-order valence-electron chi connectivity index (χ3n) is 4.12. The molecule has 4 nitrogen and oxygen atoms in total. The molecule has 4 rings (SSSR count). The van der Waals surface area contributed by atoms with Gasteiger partial charge in [-0.2, -0.15) is 0 Å². The molecule has 1 N–H and O–H groups in total. The van der Waals surface area contributed by atoms with Gasteiger partial charge in [-0.3, -0.25) is 4.79 Å². The van der Waals surface area contributed by atoms with Gasteiger partial charge in [-0.25, -0.2) is 4.98 Å². The van der Waals surface area contributed by atoms with Gasteiger partial charge in [-0.15, -0.1) is 0 Å². The Morgan fingerprint density at radius 2 is 2.16 bits per heavy atom. The summed E-state index contributed by atoms with van der Waals surface area (Å²) in [5, 5.41) is 3.36. The second kappa shape index (κ2) is 3.70. The van der Waals surface area contributed by atoms with Crippen LogP contribution in [0.1, 0.15) is 32.2 Å². The lowest BCUT2D eigenvalue weighted by Gasteiger charge is -2.31. The Hall–Kier alpha value is -2.10. The van der Waals surface area contributed by atoms with Gasteiger partial charge in [-0.1, -0.05) is 12.1 Å². The highest BCUT2D eigenvalue weighted by Gasteiger charge is 2.32. The Kier molecular flexibility index (Phi) is 2.10. The van der Waals surface area contributed by atoms with Gasteiger partial charge >= 0.3 is 0 Å². The number of Topliss-reactive ketones (excluding diaryl/α,β-unsaturated/α-hetero) is 1. The van der Waals surface area contributed by atoms with Crippen molar-refractivity contribution in [1.82, 2.24) is 9.55 Å². The van der Waals surface area contributed by atoms with Gasteiger partial charge in [-0.05, 0) is 31.9 Å². The number of ketones is 1. The highest BCUT2D eigenvalue weighted by molar-refractivity contribution is 5.99. The van der Waals surface area contributed by atoms with Crippen LogP contribution in [0.5, 0.6) is 0 Å². The molecule has 1 atom stereocenters. The molecule has 0 radical (unpaired) electrons. The first-order chi connectivity index (χ1) is 9.25. The summed E-state index contributed by atoms with van der Waals surface area (Å²) in [7, 11) is 0. The van der Waals surface area contributed by atoms with Crippen LogP contribution in [-0.4, -0.2) is 15.3 Å². The average Bonchev–Trinajstić information content (AvgIpc) is 2.77. The van der Waals surface area contributed by atoms with Crippen molar-refractivity contribution in [2.24, 2.45) is 0 Å². The molecule has 0 saturated carbocycles. The monoisotopic (exact) mass is 253 g/mol. The van der Waals surface area contributed by atoms with E-state index in [0.29, 0.717) is 6.42 Å². The molecule has 2 heterocycles. The summed E-state index contributed by atoms with van der Waals surface area (Å²) in [5.41, 5.74) is 4.08. The van der Waals surface area contributed by atoms with Crippen molar-refractivity contribution in [3.8, 4) is 0 Å². The van der Waals surface area contributed by atoms with Gasteiger partial charge in [0, 0.05) is 17.7 Å². The van der Waals surface area contributed by atoms with E-state index in [1.807, 2.05) is 18.2 Å². The molecule has 0 amide bonds. The molecular weight excluding hydrogens is 238 g/mol. The normalized spacial score (nSPS) is 22.2. The van der Waals surface area contributed by atoms with Crippen molar-refractivity contribution in [2.45, 2.75) is 32.2 Å². The van der Waals surface area contributed by atoms with Gasteiger partial charge in [0.25, 0.3) is 0 Å². The molecule has 1 aromatic heterocycles. The predicted octanol–water partition coefficient (Wildman–Crippen LogP) is 3.03. The van der Waals surface area contributed by atoms with E-state index in [1.54, 1.807) is 0 Å². The largest absolute Gasteiger partial charge is 0.329 e. The smallest absolute Gasteiger partial charge is 0.208 e. The molecule has 19 heavy (non-hydrogen) atoms. The van der Waals surface area contributed by atoms with Crippen LogP contribution in [0, 0.1) is 0 Å². The number of hydrogen-bond donors (Lipinski definition) is 1. The third-order valence-corrected chi connectivity index (χ3v) is 4.12. The molecule has 0 bridgehead atoms. The molecule has 0 spiro atoms. The van der Waals surface area contributed by atoms with Crippen LogP contribution >= 0.6 is 0 Å². The zero-order valence-corrected chi connectivity index (χ0v) is 10.8. The fourth-order valence-electron chi connectivity index (χ4n) is 3.27. The fourth-order valence-corrected chi connectivity index (χ4v) is 3.27. The summed E-state index contributed by atoms with van der Waals surface area (Å²) in [6.45, 7) is 2.09. The number of rotatable bonds is 0. The average molecular weight is 253 g/mol. The van der Waals surface area contributed by atoms with E-state index < -0.39 is 0 Å². The van der Waals surface area contributed by atoms with Crippen LogP contribution in [0.25, 0.3) is 11.0 Å². The van der Waals surface area contributed by atoms with Crippen molar-refractivity contribution in [3.63, 3.8) is 0 Å². The molecule has 1 aliphatic heterocycles. The Balaban J connectivity index is 1.95. The summed E-state index contributed by atoms with van der Waals surface area (Å²) < 4.78 is 2.14. The minimum atomic E-state index is 0.0754. The van der Waals surface area contributed by atoms with Gasteiger partial charge in [0.2, 0.25) is 5.95 Å². The first kappa shape index (κ1) is 10.8. The predicted molar refractivity (Wildman–Crippen MR) is 74.0 cm³/mol. The van der Waals surface area contributed by atoms with Crippen LogP contribution in [0.3, 0.4) is 0 Å². The highest BCUT2D eigenvalue weighted by atomic mass is 16.1. The first-order valence-corrected chi connectivity index (χ1v) is 6.76. The number of anilines is 1. The molecule has 2 aromatic rings. The zero-order chi connectivity index (χ0) is 13.0. The SMILES string of the molecule is CC1C2=C(CCCC2=O)Nc2nc3ccccc3n21. The first-order valence-electron chi connectivity index (χ1n) is 6.76. The molecule has 96 valence electrons. The van der Waals surface area contributed by atoms with E-state index in [9.17, 15) is 4.79 Å². The van der Waals surface area contributed by atoms with Gasteiger partial charge in [0.1, 0.15) is 0 Å². The third kappa shape index (κ3) is 1.40. The number of imidazole rings is 1. The van der Waals surface area contributed by atoms with Crippen molar-refractivity contribution in [3.05, 3.63) is 35.5 Å². The topological polar surface area (TPSA) is 46.9 Å². The summed E-state index contributed by atoms with van der Waals surface area (Å²) in [6.07, 6.45) is 2.57. The number of hydrogen-bond acceptors (Lipinski definition) is 3. The lowest BCUT2D eigenvalue weighted by atomic mass is 9.89. The molecule has 1 unspecified atom stereocenters. The van der Waals surface area contributed by atoms with Gasteiger partial charge < -0.3 is 9.88 Å². The van der Waals surface area contributed by atoms with Gasteiger partial charge in [0.05, 0.1) is 17.1 Å². The second-order valence-corrected chi connectivity index (χ2v) is 5.26. The van der Waals surface area contributed by atoms with E-state index in [1.165, 1.54) is 0 Å². The van der Waals surface area contributed by atoms with Crippen LogP contribution in [-0.2, 0) is 4.79 Å². The Bertz CT molecular complexity index is 726. The van der Waals surface area contributed by atoms with Crippen LogP contribution < -0.4 is 5.32 Å². The van der Waals surface area contributed by atoms with Crippen LogP contribution in [0.2, 0.25) is 0 Å². The number of nitrogens with one attached hydrogen (secondary N) is 1. The molecule has 2 aliphatic rings. The summed E-state index contributed by atoms with van der Waals surface area (Å²) >= 11 is 0. The lowest BCUT2D eigenvalue weighted by molar-refractivity contribution is -0.116. The fraction of sp³-hybridized carbons (Fsp3) is 0.333. The molecule has 1 aliphatic carbocycles. The van der Waals surface area contributed by atoms with Crippen molar-refractivity contribution >= 4 is 22.8 Å². The Morgan fingerprint density at radius 3 is 3.05 bits per heavy atom. The number of allylic oxidation sites excluding steroid dienone is 2. The Morgan fingerprint density at radius 1 is 1.32 bits per heavy atom. The number of aromatic nitrogens is 2. The van der Waals surface area contributed by atoms with E-state index in [-0.39, 0.29) is 11.8 Å². The number of carbonyl (C=O) groups is 1. The quantitative estimate of drug-likeness (QED) is 0.785. The van der Waals surface area contributed by atoms with Crippen molar-refractivity contribution in [1.29, 1.82) is 0 Å². The highest BCUT2D eigenvalue weighted by Crippen LogP contribution is 2.38. The molecule has 1 aromatic carbocycles. The maximum Gasteiger partial charge on any atom is 0.208 e. The minimum Gasteiger partial charge on any atom is -0.329 e. The van der Waals surface area contributed by atoms with Crippen LogP contribution in [0.15, 0.2) is 35.5 Å². The number of carbonyl (C=O) groups excluding carboxylic acids is 1. The molecule has 4 heteroatoms. The van der Waals surface area contributed by atoms with Crippen molar-refractivity contribution < 1.29 is 4.79 Å². The number of fused-ring (bicyclic) bond motifs is 3. The number of benzene rings is 1. The van der Waals surface area contributed by atoms with E-state index in [4.69, 9.17) is 0 Å². The Labute approximate surface area is 111 Å². The molecule has 0 saturated heterocycles. The summed E-state index contributed by atoms with van der Waals surface area (Å²) in [4.78, 5) is 16.8. The van der Waals surface area contributed by atoms with Gasteiger partial charge in [0.15, 0.2) is 5.78 Å². The van der Waals surface area contributed by atoms with E-state index in [0.717, 1.165) is 41.1 Å². The second-order valence-electron chi connectivity index (χ2n) is 5.26. The van der Waals surface area contributed by atoms with Crippen LogP contribution in [0.4, 0.5) is 5.95 Å². The van der Waals surface area contributed by atoms with E-state index in [2.05, 4.69) is 27.9 Å². The van der Waals surface area contributed by atoms with Crippen molar-refractivity contribution in [2.75, 3.05) is 5.32 Å². The molecular formula is C15H15N3O.